The van der Waals surface area contributed by atoms with E-state index in [1.54, 1.807) is 0 Å². The Kier molecular flexibility index (Phi) is 4.79. The molecule has 3 rings (SSSR count). The van der Waals surface area contributed by atoms with Gasteiger partial charge in [0, 0.05) is 18.1 Å². The second-order valence-electron chi connectivity index (χ2n) is 6.26. The molecule has 112 valence electrons. The van der Waals surface area contributed by atoms with Crippen LogP contribution in [0.25, 0.3) is 0 Å². The molecule has 3 heteroatoms. The summed E-state index contributed by atoms with van der Waals surface area (Å²) in [4.78, 5) is 0.675. The molecule has 0 radical (unpaired) electrons. The third-order valence-corrected chi connectivity index (χ3v) is 5.93. The number of aromatic nitrogens is 2. The Hall–Kier alpha value is -1.09. The highest BCUT2D eigenvalue weighted by Gasteiger charge is 2.29. The van der Waals surface area contributed by atoms with Crippen molar-refractivity contribution in [3.8, 4) is 0 Å². The largest absolute Gasteiger partial charge is 0.276 e. The van der Waals surface area contributed by atoms with Crippen molar-refractivity contribution in [1.82, 2.24) is 9.78 Å². The zero-order chi connectivity index (χ0) is 14.7. The maximum Gasteiger partial charge on any atom is 0.0521 e. The van der Waals surface area contributed by atoms with E-state index >= 15 is 0 Å². The number of nitrogens with zero attached hydrogens (tertiary/aromatic N) is 2. The number of aryl methyl sites for hydroxylation is 2. The summed E-state index contributed by atoms with van der Waals surface area (Å²) in [6, 6.07) is 11.0. The number of hydrogen-bond acceptors (Lipinski definition) is 1. The van der Waals surface area contributed by atoms with Crippen molar-refractivity contribution in [1.29, 1.82) is 0 Å². The average molecular weight is 347 g/mol. The highest BCUT2D eigenvalue weighted by molar-refractivity contribution is 9.09. The lowest BCUT2D eigenvalue weighted by Crippen LogP contribution is -2.24. The second-order valence-corrected chi connectivity index (χ2v) is 7.43. The molecular weight excluding hydrogens is 324 g/mol. The van der Waals surface area contributed by atoms with Crippen LogP contribution in [-0.4, -0.2) is 14.6 Å². The number of benzene rings is 1. The molecule has 0 saturated heterocycles. The van der Waals surface area contributed by atoms with Gasteiger partial charge < -0.3 is 0 Å². The minimum Gasteiger partial charge on any atom is -0.276 e. The van der Waals surface area contributed by atoms with Gasteiger partial charge in [-0.05, 0) is 55.1 Å². The summed E-state index contributed by atoms with van der Waals surface area (Å²) in [5.74, 6) is 1.50. The van der Waals surface area contributed by atoms with Crippen molar-refractivity contribution in [2.45, 2.75) is 42.8 Å². The van der Waals surface area contributed by atoms with Crippen LogP contribution >= 0.6 is 15.9 Å². The van der Waals surface area contributed by atoms with Gasteiger partial charge in [0.2, 0.25) is 0 Å². The third-order valence-electron chi connectivity index (χ3n) is 4.72. The van der Waals surface area contributed by atoms with Gasteiger partial charge in [0.15, 0.2) is 0 Å². The summed E-state index contributed by atoms with van der Waals surface area (Å²) < 4.78 is 1.90. The summed E-state index contributed by atoms with van der Waals surface area (Å²) in [5.41, 5.74) is 2.88. The van der Waals surface area contributed by atoms with Crippen LogP contribution in [0.5, 0.6) is 0 Å². The van der Waals surface area contributed by atoms with Gasteiger partial charge in [0.1, 0.15) is 0 Å². The Morgan fingerprint density at radius 3 is 2.76 bits per heavy atom. The van der Waals surface area contributed by atoms with Gasteiger partial charge in [-0.1, -0.05) is 46.3 Å². The molecule has 1 aromatic heterocycles. The maximum atomic E-state index is 4.27. The Balaban J connectivity index is 1.61. The number of alkyl halides is 1. The molecule has 1 saturated carbocycles. The van der Waals surface area contributed by atoms with Crippen molar-refractivity contribution >= 4 is 15.9 Å². The van der Waals surface area contributed by atoms with Gasteiger partial charge in [-0.15, -0.1) is 0 Å². The van der Waals surface area contributed by atoms with Crippen LogP contribution in [0.2, 0.25) is 0 Å². The van der Waals surface area contributed by atoms with Crippen molar-refractivity contribution in [2.75, 3.05) is 0 Å². The summed E-state index contributed by atoms with van der Waals surface area (Å²) in [7, 11) is 1.99. The first-order valence-corrected chi connectivity index (χ1v) is 8.80. The summed E-state index contributed by atoms with van der Waals surface area (Å²) >= 11 is 3.91. The Bertz CT molecular complexity index is 564. The first-order chi connectivity index (χ1) is 10.2. The number of hydrogen-bond donors (Lipinski definition) is 0. The van der Waals surface area contributed by atoms with Gasteiger partial charge >= 0.3 is 0 Å². The van der Waals surface area contributed by atoms with Crippen LogP contribution in [0.3, 0.4) is 0 Å². The van der Waals surface area contributed by atoms with Gasteiger partial charge in [0.05, 0.1) is 6.20 Å². The zero-order valence-corrected chi connectivity index (χ0v) is 14.2. The highest BCUT2D eigenvalue weighted by Crippen LogP contribution is 2.41. The second kappa shape index (κ2) is 6.78. The van der Waals surface area contributed by atoms with E-state index in [0.29, 0.717) is 4.83 Å². The zero-order valence-electron chi connectivity index (χ0n) is 12.6. The van der Waals surface area contributed by atoms with E-state index in [0.717, 1.165) is 18.3 Å². The van der Waals surface area contributed by atoms with Gasteiger partial charge in [0.25, 0.3) is 0 Å². The molecule has 1 aliphatic rings. The molecule has 0 aliphatic heterocycles. The molecule has 1 aliphatic carbocycles. The van der Waals surface area contributed by atoms with E-state index in [1.807, 2.05) is 17.9 Å². The molecule has 0 spiro atoms. The molecule has 3 atom stereocenters. The molecule has 2 nitrogen and oxygen atoms in total. The fourth-order valence-corrected chi connectivity index (χ4v) is 4.25. The van der Waals surface area contributed by atoms with Crippen LogP contribution in [0.1, 0.15) is 42.7 Å². The summed E-state index contributed by atoms with van der Waals surface area (Å²) in [6.45, 7) is 0. The molecule has 2 aromatic rings. The number of rotatable bonds is 4. The van der Waals surface area contributed by atoms with Crippen molar-refractivity contribution in [3.05, 3.63) is 53.9 Å². The molecule has 0 amide bonds. The average Bonchev–Trinajstić information content (AvgIpc) is 2.93. The van der Waals surface area contributed by atoms with Crippen LogP contribution in [0, 0.1) is 5.92 Å². The molecule has 0 bridgehead atoms. The fourth-order valence-electron chi connectivity index (χ4n) is 3.51. The minimum absolute atomic E-state index is 0.675. The minimum atomic E-state index is 0.675. The standard InChI is InChI=1S/C18H23BrN2/c1-21-13-14(12-20-21)7-8-17-11-16(9-10-18(17)19)15-5-3-2-4-6-15/h2-6,12-13,16-18H,7-11H2,1H3. The van der Waals surface area contributed by atoms with E-state index in [1.165, 1.54) is 36.8 Å². The monoisotopic (exact) mass is 346 g/mol. The first kappa shape index (κ1) is 14.8. The normalized spacial score (nSPS) is 25.9. The van der Waals surface area contributed by atoms with Crippen molar-refractivity contribution in [2.24, 2.45) is 13.0 Å². The molecule has 1 heterocycles. The third kappa shape index (κ3) is 3.76. The van der Waals surface area contributed by atoms with Gasteiger partial charge in [-0.3, -0.25) is 4.68 Å². The van der Waals surface area contributed by atoms with E-state index in [2.05, 4.69) is 57.6 Å². The lowest BCUT2D eigenvalue weighted by atomic mass is 9.76. The molecule has 21 heavy (non-hydrogen) atoms. The fraction of sp³-hybridized carbons (Fsp3) is 0.500. The van der Waals surface area contributed by atoms with Crippen LogP contribution in [0.4, 0.5) is 0 Å². The Morgan fingerprint density at radius 2 is 2.05 bits per heavy atom. The van der Waals surface area contributed by atoms with E-state index < -0.39 is 0 Å². The van der Waals surface area contributed by atoms with E-state index in [-0.39, 0.29) is 0 Å². The SMILES string of the molecule is Cn1cc(CCC2CC(c3ccccc3)CCC2Br)cn1. The summed E-state index contributed by atoms with van der Waals surface area (Å²) in [6.07, 6.45) is 10.4. The lowest BCUT2D eigenvalue weighted by Gasteiger charge is -2.33. The van der Waals surface area contributed by atoms with E-state index in [4.69, 9.17) is 0 Å². The van der Waals surface area contributed by atoms with Crippen molar-refractivity contribution in [3.63, 3.8) is 0 Å². The van der Waals surface area contributed by atoms with Gasteiger partial charge in [-0.2, -0.15) is 5.10 Å². The maximum absolute atomic E-state index is 4.27. The molecule has 0 N–H and O–H groups in total. The first-order valence-electron chi connectivity index (χ1n) is 7.89. The van der Waals surface area contributed by atoms with Crippen molar-refractivity contribution < 1.29 is 0 Å². The Morgan fingerprint density at radius 1 is 1.24 bits per heavy atom. The topological polar surface area (TPSA) is 17.8 Å². The lowest BCUT2D eigenvalue weighted by molar-refractivity contribution is 0.320. The molecular formula is C18H23BrN2. The van der Waals surface area contributed by atoms with Crippen LogP contribution in [-0.2, 0) is 13.5 Å². The predicted molar refractivity (Wildman–Crippen MR) is 90.8 cm³/mol. The van der Waals surface area contributed by atoms with Crippen LogP contribution in [0.15, 0.2) is 42.7 Å². The van der Waals surface area contributed by atoms with Gasteiger partial charge in [-0.25, -0.2) is 0 Å². The quantitative estimate of drug-likeness (QED) is 0.733. The predicted octanol–water partition coefficient (Wildman–Crippen LogP) is 4.70. The summed E-state index contributed by atoms with van der Waals surface area (Å²) in [5, 5.41) is 4.27. The molecule has 3 unspecified atom stereocenters. The smallest absolute Gasteiger partial charge is 0.0521 e. The highest BCUT2D eigenvalue weighted by atomic mass is 79.9. The van der Waals surface area contributed by atoms with E-state index in [9.17, 15) is 0 Å². The molecule has 1 fully saturated rings. The Labute approximate surface area is 135 Å². The number of halogens is 1. The van der Waals surface area contributed by atoms with Crippen LogP contribution < -0.4 is 0 Å². The molecule has 1 aromatic carbocycles.